The van der Waals surface area contributed by atoms with Crippen LogP contribution in [0.4, 0.5) is 0 Å². The Kier molecular flexibility index (Phi) is 5.23. The van der Waals surface area contributed by atoms with Crippen molar-refractivity contribution in [1.82, 2.24) is 4.90 Å². The van der Waals surface area contributed by atoms with Crippen molar-refractivity contribution in [2.75, 3.05) is 6.54 Å². The highest BCUT2D eigenvalue weighted by atomic mass is 79.9. The van der Waals surface area contributed by atoms with Gasteiger partial charge in [0.25, 0.3) is 15.0 Å². The Bertz CT molecular complexity index is 678. The fourth-order valence-electron chi connectivity index (χ4n) is 2.45. The van der Waals surface area contributed by atoms with Crippen molar-refractivity contribution in [2.24, 2.45) is 0 Å². The third kappa shape index (κ3) is 3.73. The van der Waals surface area contributed by atoms with Crippen molar-refractivity contribution in [3.05, 3.63) is 27.2 Å². The second kappa shape index (κ2) is 6.44. The van der Waals surface area contributed by atoms with Gasteiger partial charge < -0.3 is 4.90 Å². The van der Waals surface area contributed by atoms with E-state index in [-0.39, 0.29) is 27.4 Å². The Hall–Kier alpha value is -0.300. The zero-order chi connectivity index (χ0) is 15.8. The van der Waals surface area contributed by atoms with E-state index in [1.54, 1.807) is 4.90 Å². The second-order valence-electron chi connectivity index (χ2n) is 5.05. The van der Waals surface area contributed by atoms with Gasteiger partial charge >= 0.3 is 0 Å². The van der Waals surface area contributed by atoms with Gasteiger partial charge in [0.1, 0.15) is 4.90 Å². The average molecular weight is 415 g/mol. The monoisotopic (exact) mass is 413 g/mol. The molecule has 21 heavy (non-hydrogen) atoms. The highest BCUT2D eigenvalue weighted by Gasteiger charge is 2.28. The lowest BCUT2D eigenvalue weighted by Crippen LogP contribution is -2.42. The molecule has 1 aromatic rings. The summed E-state index contributed by atoms with van der Waals surface area (Å²) in [7, 11) is 1.35. The SMILES string of the molecule is CC1CCCCN1C(=O)c1cc(Br)cc(S(=O)(=O)Cl)c1Cl. The lowest BCUT2D eigenvalue weighted by Gasteiger charge is -2.33. The lowest BCUT2D eigenvalue weighted by atomic mass is 10.0. The molecule has 1 atom stereocenters. The first-order chi connectivity index (χ1) is 9.71. The molecule has 0 saturated carbocycles. The zero-order valence-corrected chi connectivity index (χ0v) is 15.2. The summed E-state index contributed by atoms with van der Waals surface area (Å²) >= 11 is 9.29. The molecule has 1 aliphatic rings. The molecular formula is C13H14BrCl2NO3S. The minimum absolute atomic E-state index is 0.109. The zero-order valence-electron chi connectivity index (χ0n) is 11.3. The van der Waals surface area contributed by atoms with Gasteiger partial charge in [-0.2, -0.15) is 0 Å². The van der Waals surface area contributed by atoms with Crippen molar-refractivity contribution in [2.45, 2.75) is 37.1 Å². The normalized spacial score (nSPS) is 19.6. The number of carbonyl (C=O) groups excluding carboxylic acids is 1. The standard InChI is InChI=1S/C13H14BrCl2NO3S/c1-8-4-2-3-5-17(8)13(18)10-6-9(14)7-11(12(10)15)21(16,19)20/h6-8H,2-5H2,1H3. The van der Waals surface area contributed by atoms with E-state index in [1.807, 2.05) is 6.92 Å². The van der Waals surface area contributed by atoms with Gasteiger partial charge in [-0.15, -0.1) is 0 Å². The summed E-state index contributed by atoms with van der Waals surface area (Å²) in [6, 6.07) is 2.93. The number of hydrogen-bond acceptors (Lipinski definition) is 3. The molecule has 116 valence electrons. The van der Waals surface area contributed by atoms with Crippen LogP contribution in [0, 0.1) is 0 Å². The quantitative estimate of drug-likeness (QED) is 0.686. The summed E-state index contributed by atoms with van der Waals surface area (Å²) in [5, 5.41) is -0.129. The van der Waals surface area contributed by atoms with Crippen LogP contribution in [0.5, 0.6) is 0 Å². The Morgan fingerprint density at radius 2 is 2.05 bits per heavy atom. The van der Waals surface area contributed by atoms with Gasteiger partial charge in [0, 0.05) is 27.7 Å². The van der Waals surface area contributed by atoms with Crippen LogP contribution < -0.4 is 0 Å². The van der Waals surface area contributed by atoms with E-state index < -0.39 is 9.05 Å². The highest BCUT2D eigenvalue weighted by Crippen LogP contribution is 2.33. The maximum Gasteiger partial charge on any atom is 0.262 e. The fourth-order valence-corrected chi connectivity index (χ4v) is 4.63. The number of likely N-dealkylation sites (tertiary alicyclic amines) is 1. The molecule has 1 fully saturated rings. The van der Waals surface area contributed by atoms with Crippen molar-refractivity contribution in [1.29, 1.82) is 0 Å². The number of amides is 1. The molecule has 4 nitrogen and oxygen atoms in total. The lowest BCUT2D eigenvalue weighted by molar-refractivity contribution is 0.0635. The first kappa shape index (κ1) is 17.1. The van der Waals surface area contributed by atoms with E-state index in [2.05, 4.69) is 15.9 Å². The molecule has 8 heteroatoms. The molecule has 1 unspecified atom stereocenters. The fraction of sp³-hybridized carbons (Fsp3) is 0.462. The van der Waals surface area contributed by atoms with Crippen LogP contribution in [0.2, 0.25) is 5.02 Å². The van der Waals surface area contributed by atoms with Crippen molar-refractivity contribution >= 4 is 53.2 Å². The summed E-state index contributed by atoms with van der Waals surface area (Å²) in [6.07, 6.45) is 2.94. The van der Waals surface area contributed by atoms with Crippen molar-refractivity contribution < 1.29 is 13.2 Å². The van der Waals surface area contributed by atoms with E-state index in [0.29, 0.717) is 11.0 Å². The molecule has 0 radical (unpaired) electrons. The Morgan fingerprint density at radius 1 is 1.38 bits per heavy atom. The number of rotatable bonds is 2. The molecule has 1 aliphatic heterocycles. The smallest absolute Gasteiger partial charge is 0.262 e. The summed E-state index contributed by atoms with van der Waals surface area (Å²) in [6.45, 7) is 2.62. The maximum atomic E-state index is 12.6. The first-order valence-corrected chi connectivity index (χ1v) is 9.94. The number of hydrogen-bond donors (Lipinski definition) is 0. The van der Waals surface area contributed by atoms with Crippen LogP contribution in [0.1, 0.15) is 36.5 Å². The number of benzene rings is 1. The van der Waals surface area contributed by atoms with Gasteiger partial charge in [-0.3, -0.25) is 4.79 Å². The number of carbonyl (C=O) groups is 1. The predicted molar refractivity (Wildman–Crippen MR) is 86.5 cm³/mol. The highest BCUT2D eigenvalue weighted by molar-refractivity contribution is 9.10. The topological polar surface area (TPSA) is 54.5 Å². The van der Waals surface area contributed by atoms with Gasteiger partial charge in [0.05, 0.1) is 10.6 Å². The molecule has 2 rings (SSSR count). The van der Waals surface area contributed by atoms with Crippen LogP contribution in [0.3, 0.4) is 0 Å². The van der Waals surface area contributed by atoms with Crippen molar-refractivity contribution in [3.63, 3.8) is 0 Å². The van der Waals surface area contributed by atoms with E-state index >= 15 is 0 Å². The largest absolute Gasteiger partial charge is 0.336 e. The van der Waals surface area contributed by atoms with Gasteiger partial charge in [0.15, 0.2) is 0 Å². The van der Waals surface area contributed by atoms with E-state index in [1.165, 1.54) is 12.1 Å². The molecule has 1 amide bonds. The van der Waals surface area contributed by atoms with Crippen LogP contribution in [-0.2, 0) is 9.05 Å². The Balaban J connectivity index is 2.49. The van der Waals surface area contributed by atoms with Gasteiger partial charge in [0.2, 0.25) is 0 Å². The summed E-state index contributed by atoms with van der Waals surface area (Å²) in [5.74, 6) is -0.268. The van der Waals surface area contributed by atoms with Gasteiger partial charge in [-0.1, -0.05) is 27.5 Å². The first-order valence-electron chi connectivity index (χ1n) is 6.46. The van der Waals surface area contributed by atoms with E-state index in [0.717, 1.165) is 19.3 Å². The summed E-state index contributed by atoms with van der Waals surface area (Å²) < 4.78 is 23.6. The predicted octanol–water partition coefficient (Wildman–Crippen LogP) is 4.04. The Labute approximate surface area is 142 Å². The maximum absolute atomic E-state index is 12.6. The Morgan fingerprint density at radius 3 is 2.62 bits per heavy atom. The molecule has 0 spiro atoms. The molecule has 0 bridgehead atoms. The van der Waals surface area contributed by atoms with E-state index in [9.17, 15) is 13.2 Å². The van der Waals surface area contributed by atoms with Crippen LogP contribution in [0.25, 0.3) is 0 Å². The third-order valence-corrected chi connectivity index (χ3v) is 5.88. The van der Waals surface area contributed by atoms with Crippen molar-refractivity contribution in [3.8, 4) is 0 Å². The second-order valence-corrected chi connectivity index (χ2v) is 8.87. The summed E-state index contributed by atoms with van der Waals surface area (Å²) in [5.41, 5.74) is 0.152. The van der Waals surface area contributed by atoms with E-state index in [4.69, 9.17) is 22.3 Å². The molecule has 0 aromatic heterocycles. The molecular weight excluding hydrogens is 401 g/mol. The molecule has 1 saturated heterocycles. The molecule has 1 heterocycles. The van der Waals surface area contributed by atoms with Crippen LogP contribution in [-0.4, -0.2) is 31.8 Å². The molecule has 0 aliphatic carbocycles. The van der Waals surface area contributed by atoms with Crippen LogP contribution >= 0.6 is 38.2 Å². The van der Waals surface area contributed by atoms with Crippen LogP contribution in [0.15, 0.2) is 21.5 Å². The molecule has 0 N–H and O–H groups in total. The number of piperidine rings is 1. The third-order valence-electron chi connectivity index (χ3n) is 3.56. The van der Waals surface area contributed by atoms with Gasteiger partial charge in [-0.05, 0) is 38.3 Å². The minimum atomic E-state index is -4.02. The van der Waals surface area contributed by atoms with Gasteiger partial charge in [-0.25, -0.2) is 8.42 Å². The molecule has 1 aromatic carbocycles. The number of nitrogens with zero attached hydrogens (tertiary/aromatic N) is 1. The summed E-state index contributed by atoms with van der Waals surface area (Å²) in [4.78, 5) is 14.1. The average Bonchev–Trinajstić information content (AvgIpc) is 2.39. The minimum Gasteiger partial charge on any atom is -0.336 e. The number of halogens is 3.